The van der Waals surface area contributed by atoms with Gasteiger partial charge in [0.25, 0.3) is 0 Å². The fourth-order valence-electron chi connectivity index (χ4n) is 3.43. The van der Waals surface area contributed by atoms with Gasteiger partial charge in [-0.1, -0.05) is 0 Å². The lowest BCUT2D eigenvalue weighted by Gasteiger charge is -2.22. The number of methoxy groups -OCH3 is 1. The Kier molecular flexibility index (Phi) is 6.69. The lowest BCUT2D eigenvalue weighted by molar-refractivity contribution is 0.187. The number of ether oxygens (including phenoxy) is 1. The Hall–Kier alpha value is -2.48. The van der Waals surface area contributed by atoms with Gasteiger partial charge in [0, 0.05) is 31.9 Å². The van der Waals surface area contributed by atoms with Crippen molar-refractivity contribution in [1.29, 1.82) is 0 Å². The summed E-state index contributed by atoms with van der Waals surface area (Å²) in [7, 11) is -6.39. The number of rotatable bonds is 5. The van der Waals surface area contributed by atoms with Gasteiger partial charge in [0.1, 0.15) is 4.90 Å². The Morgan fingerprint density at radius 1 is 1.00 bits per heavy atom. The zero-order valence-corrected chi connectivity index (χ0v) is 19.1. The molecule has 170 valence electrons. The second-order valence-corrected chi connectivity index (χ2v) is 10.9. The molecule has 13 heteroatoms. The maximum Gasteiger partial charge on any atom is 0.411 e. The quantitative estimate of drug-likeness (QED) is 0.669. The van der Waals surface area contributed by atoms with E-state index in [2.05, 4.69) is 20.3 Å². The molecule has 2 heterocycles. The van der Waals surface area contributed by atoms with Crippen molar-refractivity contribution in [3.05, 3.63) is 35.7 Å². The summed E-state index contributed by atoms with van der Waals surface area (Å²) in [5.41, 5.74) is 1.23. The molecular formula is C18H25N5O6S2. The third-order valence-corrected chi connectivity index (χ3v) is 9.07. The van der Waals surface area contributed by atoms with E-state index in [-0.39, 0.29) is 36.0 Å². The number of benzene rings is 1. The average molecular weight is 472 g/mol. The number of hydrogen-bond donors (Lipinski definition) is 2. The Labute approximate surface area is 181 Å². The van der Waals surface area contributed by atoms with Crippen LogP contribution in [0.25, 0.3) is 0 Å². The van der Waals surface area contributed by atoms with E-state index in [1.165, 1.54) is 40.0 Å². The van der Waals surface area contributed by atoms with E-state index in [9.17, 15) is 21.6 Å². The molecule has 1 fully saturated rings. The predicted molar refractivity (Wildman–Crippen MR) is 113 cm³/mol. The highest BCUT2D eigenvalue weighted by molar-refractivity contribution is 7.89. The van der Waals surface area contributed by atoms with Crippen LogP contribution < -0.4 is 5.32 Å². The first-order chi connectivity index (χ1) is 14.6. The van der Waals surface area contributed by atoms with Gasteiger partial charge in [0.2, 0.25) is 20.0 Å². The van der Waals surface area contributed by atoms with Crippen LogP contribution in [0.1, 0.15) is 17.8 Å². The number of nitrogens with zero attached hydrogens (tertiary/aromatic N) is 3. The summed E-state index contributed by atoms with van der Waals surface area (Å²) < 4.78 is 59.3. The number of nitrogens with one attached hydrogen (secondary N) is 2. The molecule has 1 aliphatic rings. The number of hydrogen-bond acceptors (Lipinski definition) is 7. The van der Waals surface area contributed by atoms with Crippen molar-refractivity contribution in [3.63, 3.8) is 0 Å². The molecule has 0 bridgehead atoms. The van der Waals surface area contributed by atoms with Gasteiger partial charge in [-0.3, -0.25) is 10.4 Å². The van der Waals surface area contributed by atoms with Crippen molar-refractivity contribution in [3.8, 4) is 0 Å². The second kappa shape index (κ2) is 8.94. The first-order valence-electron chi connectivity index (χ1n) is 9.54. The van der Waals surface area contributed by atoms with Crippen LogP contribution in [-0.2, 0) is 24.8 Å². The van der Waals surface area contributed by atoms with Gasteiger partial charge in [-0.15, -0.1) is 0 Å². The Morgan fingerprint density at radius 3 is 2.10 bits per heavy atom. The molecule has 2 aromatic rings. The van der Waals surface area contributed by atoms with Crippen LogP contribution in [0.2, 0.25) is 0 Å². The molecule has 0 spiro atoms. The topological polar surface area (TPSA) is 142 Å². The van der Waals surface area contributed by atoms with Crippen LogP contribution in [0.15, 0.2) is 34.1 Å². The molecule has 3 rings (SSSR count). The van der Waals surface area contributed by atoms with Gasteiger partial charge in [0.05, 0.1) is 23.4 Å². The number of aromatic amines is 1. The lowest BCUT2D eigenvalue weighted by atomic mass is 10.3. The first kappa shape index (κ1) is 23.2. The number of carbonyl (C=O) groups is 1. The van der Waals surface area contributed by atoms with Crippen molar-refractivity contribution in [2.45, 2.75) is 30.1 Å². The summed E-state index contributed by atoms with van der Waals surface area (Å²) in [6.45, 7) is 3.72. The van der Waals surface area contributed by atoms with Crippen molar-refractivity contribution in [2.75, 3.05) is 38.6 Å². The number of aryl methyl sites for hydroxylation is 2. The number of amides is 1. The number of H-pyrrole nitrogens is 1. The monoisotopic (exact) mass is 471 g/mol. The van der Waals surface area contributed by atoms with E-state index in [0.29, 0.717) is 23.5 Å². The van der Waals surface area contributed by atoms with Crippen molar-refractivity contribution in [1.82, 2.24) is 18.8 Å². The molecule has 2 N–H and O–H groups in total. The fourth-order valence-corrected chi connectivity index (χ4v) is 6.70. The van der Waals surface area contributed by atoms with E-state index in [1.807, 2.05) is 0 Å². The molecule has 1 amide bonds. The minimum atomic E-state index is -3.83. The molecule has 1 aromatic heterocycles. The molecule has 11 nitrogen and oxygen atoms in total. The third-order valence-electron chi connectivity index (χ3n) is 5.00. The zero-order valence-electron chi connectivity index (χ0n) is 17.5. The highest BCUT2D eigenvalue weighted by Gasteiger charge is 2.34. The molecule has 0 radical (unpaired) electrons. The van der Waals surface area contributed by atoms with Gasteiger partial charge >= 0.3 is 6.09 Å². The fraction of sp³-hybridized carbons (Fsp3) is 0.444. The Balaban J connectivity index is 1.76. The van der Waals surface area contributed by atoms with E-state index < -0.39 is 26.1 Å². The largest absolute Gasteiger partial charge is 0.453 e. The summed E-state index contributed by atoms with van der Waals surface area (Å²) >= 11 is 0. The van der Waals surface area contributed by atoms with Crippen LogP contribution in [-0.4, -0.2) is 75.0 Å². The average Bonchev–Trinajstić information content (AvgIpc) is 2.93. The molecule has 0 saturated carbocycles. The lowest BCUT2D eigenvalue weighted by Crippen LogP contribution is -2.37. The first-order valence-corrected chi connectivity index (χ1v) is 12.4. The molecule has 1 aliphatic heterocycles. The Bertz CT molecular complexity index is 1140. The molecule has 1 aromatic carbocycles. The summed E-state index contributed by atoms with van der Waals surface area (Å²) in [6.07, 6.45) is -0.302. The van der Waals surface area contributed by atoms with Gasteiger partial charge < -0.3 is 4.74 Å². The van der Waals surface area contributed by atoms with Crippen LogP contribution in [0.4, 0.5) is 10.5 Å². The standard InChI is InChI=1S/C18H25N5O6S2/c1-13-17(14(2)21-20-13)31(27,28)23-10-4-9-22(11-12-23)30(25,26)16-7-5-15(6-8-16)19-18(24)29-3/h5-8H,4,9-12H2,1-3H3,(H,19,24)(H,20,21). The number of carbonyl (C=O) groups excluding carboxylic acids is 1. The van der Waals surface area contributed by atoms with Crippen LogP contribution in [0.5, 0.6) is 0 Å². The molecule has 0 atom stereocenters. The van der Waals surface area contributed by atoms with Crippen LogP contribution >= 0.6 is 0 Å². The maximum atomic E-state index is 13.1. The van der Waals surface area contributed by atoms with E-state index in [4.69, 9.17) is 0 Å². The predicted octanol–water partition coefficient (Wildman–Crippen LogP) is 1.29. The highest BCUT2D eigenvalue weighted by atomic mass is 32.2. The van der Waals surface area contributed by atoms with E-state index in [0.717, 1.165) is 0 Å². The minimum absolute atomic E-state index is 0.0275. The summed E-state index contributed by atoms with van der Waals surface area (Å²) in [5.74, 6) is 0. The van der Waals surface area contributed by atoms with Crippen LogP contribution in [0, 0.1) is 13.8 Å². The van der Waals surface area contributed by atoms with Crippen molar-refractivity contribution < 1.29 is 26.4 Å². The summed E-state index contributed by atoms with van der Waals surface area (Å²) in [6, 6.07) is 5.70. The molecular weight excluding hydrogens is 446 g/mol. The Morgan fingerprint density at radius 2 is 1.58 bits per heavy atom. The van der Waals surface area contributed by atoms with Crippen molar-refractivity contribution in [2.24, 2.45) is 0 Å². The molecule has 1 saturated heterocycles. The van der Waals surface area contributed by atoms with Gasteiger partial charge in [-0.05, 0) is 44.5 Å². The highest BCUT2D eigenvalue weighted by Crippen LogP contribution is 2.25. The van der Waals surface area contributed by atoms with E-state index >= 15 is 0 Å². The second-order valence-electron chi connectivity index (χ2n) is 7.07. The number of aromatic nitrogens is 2. The van der Waals surface area contributed by atoms with Gasteiger partial charge in [0.15, 0.2) is 0 Å². The molecule has 0 unspecified atom stereocenters. The SMILES string of the molecule is COC(=O)Nc1ccc(S(=O)(=O)N2CCCN(S(=O)(=O)c3c(C)n[nH]c3C)CC2)cc1. The number of anilines is 1. The zero-order chi connectivity index (χ0) is 22.8. The van der Waals surface area contributed by atoms with Crippen LogP contribution in [0.3, 0.4) is 0 Å². The van der Waals surface area contributed by atoms with Crippen molar-refractivity contribution >= 4 is 31.8 Å². The van der Waals surface area contributed by atoms with Gasteiger partial charge in [-0.25, -0.2) is 21.6 Å². The molecule has 0 aliphatic carbocycles. The number of sulfonamides is 2. The van der Waals surface area contributed by atoms with Gasteiger partial charge in [-0.2, -0.15) is 13.7 Å². The normalized spacial score (nSPS) is 16.6. The third kappa shape index (κ3) is 4.74. The summed E-state index contributed by atoms with van der Waals surface area (Å²) in [5, 5.41) is 9.08. The summed E-state index contributed by atoms with van der Waals surface area (Å²) in [4.78, 5) is 11.5. The van der Waals surface area contributed by atoms with E-state index in [1.54, 1.807) is 13.8 Å². The minimum Gasteiger partial charge on any atom is -0.453 e. The smallest absolute Gasteiger partial charge is 0.411 e. The maximum absolute atomic E-state index is 13.1. The molecule has 31 heavy (non-hydrogen) atoms.